The minimum absolute atomic E-state index is 0.0836. The second-order valence-electron chi connectivity index (χ2n) is 7.14. The summed E-state index contributed by atoms with van der Waals surface area (Å²) in [5, 5.41) is 2.61. The molecule has 5 heterocycles. The smallest absolute Gasteiger partial charge is 0.270 e. The molecule has 10 heteroatoms. The quantitative estimate of drug-likeness (QED) is 0.447. The fraction of sp³-hybridized carbons (Fsp3) is 0.0435. The van der Waals surface area contributed by atoms with Crippen molar-refractivity contribution in [3.63, 3.8) is 0 Å². The highest BCUT2D eigenvalue weighted by atomic mass is 16.5. The van der Waals surface area contributed by atoms with Gasteiger partial charge in [-0.05, 0) is 30.3 Å². The van der Waals surface area contributed by atoms with Crippen LogP contribution in [0, 0.1) is 0 Å². The van der Waals surface area contributed by atoms with Crippen molar-refractivity contribution >= 4 is 17.4 Å². The Bertz CT molecular complexity index is 1520. The van der Waals surface area contributed by atoms with Gasteiger partial charge in [-0.1, -0.05) is 6.07 Å². The standard InChI is InChI=1S/C23H17N7O3/c1-29-13-19(27-14-29)18-10-15(7-8-24-18)33-16-5-6-20(25-11-16)28-22(31)17-12-26-21-4-2-3-9-30(21)23(17)32/h2-14H,1H3,(H,25,28,31). The molecule has 162 valence electrons. The number of nitrogens with zero attached hydrogens (tertiary/aromatic N) is 6. The first-order valence-corrected chi connectivity index (χ1v) is 9.93. The predicted molar refractivity (Wildman–Crippen MR) is 120 cm³/mol. The van der Waals surface area contributed by atoms with Crippen LogP contribution in [0.4, 0.5) is 5.82 Å². The molecule has 0 fully saturated rings. The van der Waals surface area contributed by atoms with Crippen LogP contribution in [0.3, 0.4) is 0 Å². The lowest BCUT2D eigenvalue weighted by Crippen LogP contribution is -2.26. The molecule has 0 radical (unpaired) electrons. The molecule has 0 spiro atoms. The van der Waals surface area contributed by atoms with E-state index in [1.807, 2.05) is 17.8 Å². The molecular weight excluding hydrogens is 422 g/mol. The maximum atomic E-state index is 12.6. The van der Waals surface area contributed by atoms with Crippen molar-refractivity contribution in [3.05, 3.63) is 95.7 Å². The Hall–Kier alpha value is -4.86. The third kappa shape index (κ3) is 4.17. The van der Waals surface area contributed by atoms with Gasteiger partial charge in [0.05, 0.1) is 18.2 Å². The summed E-state index contributed by atoms with van der Waals surface area (Å²) in [6, 6.07) is 11.9. The van der Waals surface area contributed by atoms with Crippen LogP contribution >= 0.6 is 0 Å². The van der Waals surface area contributed by atoms with Crippen LogP contribution in [0.2, 0.25) is 0 Å². The van der Waals surface area contributed by atoms with E-state index in [1.165, 1.54) is 16.8 Å². The van der Waals surface area contributed by atoms with Gasteiger partial charge in [0, 0.05) is 37.9 Å². The number of nitrogens with one attached hydrogen (secondary N) is 1. The van der Waals surface area contributed by atoms with Crippen LogP contribution in [0.25, 0.3) is 17.0 Å². The monoisotopic (exact) mass is 439 g/mol. The number of hydrogen-bond donors (Lipinski definition) is 1. The number of pyridine rings is 3. The highest BCUT2D eigenvalue weighted by Crippen LogP contribution is 2.25. The number of amides is 1. The van der Waals surface area contributed by atoms with Gasteiger partial charge >= 0.3 is 0 Å². The summed E-state index contributed by atoms with van der Waals surface area (Å²) in [4.78, 5) is 42.1. The van der Waals surface area contributed by atoms with Crippen molar-refractivity contribution in [2.75, 3.05) is 5.32 Å². The summed E-state index contributed by atoms with van der Waals surface area (Å²) in [7, 11) is 1.88. The first-order valence-electron chi connectivity index (χ1n) is 9.93. The average molecular weight is 439 g/mol. The van der Waals surface area contributed by atoms with E-state index in [4.69, 9.17) is 4.74 Å². The number of carbonyl (C=O) groups excluding carboxylic acids is 1. The lowest BCUT2D eigenvalue weighted by atomic mass is 10.3. The predicted octanol–water partition coefficient (Wildman–Crippen LogP) is 2.93. The molecule has 33 heavy (non-hydrogen) atoms. The molecule has 0 aliphatic carbocycles. The number of ether oxygens (including phenoxy) is 1. The minimum Gasteiger partial charge on any atom is -0.456 e. The first kappa shape index (κ1) is 20.1. The molecule has 1 N–H and O–H groups in total. The highest BCUT2D eigenvalue weighted by molar-refractivity contribution is 6.03. The molecule has 0 atom stereocenters. The van der Waals surface area contributed by atoms with Gasteiger partial charge in [0.2, 0.25) is 0 Å². The Morgan fingerprint density at radius 3 is 2.67 bits per heavy atom. The summed E-state index contributed by atoms with van der Waals surface area (Å²) in [6.07, 6.45) is 9.49. The lowest BCUT2D eigenvalue weighted by molar-refractivity contribution is 0.102. The average Bonchev–Trinajstić information content (AvgIpc) is 3.27. The van der Waals surface area contributed by atoms with Gasteiger partial charge < -0.3 is 14.6 Å². The zero-order chi connectivity index (χ0) is 22.8. The maximum Gasteiger partial charge on any atom is 0.270 e. The summed E-state index contributed by atoms with van der Waals surface area (Å²) in [6.45, 7) is 0. The Morgan fingerprint density at radius 1 is 0.970 bits per heavy atom. The number of aromatic nitrogens is 6. The molecule has 0 saturated carbocycles. The van der Waals surface area contributed by atoms with Crippen molar-refractivity contribution < 1.29 is 9.53 Å². The van der Waals surface area contributed by atoms with Gasteiger partial charge in [0.15, 0.2) is 0 Å². The van der Waals surface area contributed by atoms with Crippen molar-refractivity contribution in [1.29, 1.82) is 0 Å². The van der Waals surface area contributed by atoms with E-state index in [1.54, 1.807) is 61.2 Å². The molecule has 0 saturated heterocycles. The fourth-order valence-electron chi connectivity index (χ4n) is 3.18. The Morgan fingerprint density at radius 2 is 1.88 bits per heavy atom. The summed E-state index contributed by atoms with van der Waals surface area (Å²) >= 11 is 0. The molecule has 5 aromatic rings. The number of aryl methyl sites for hydroxylation is 1. The summed E-state index contributed by atoms with van der Waals surface area (Å²) < 4.78 is 9.00. The van der Waals surface area contributed by atoms with Crippen LogP contribution in [0.5, 0.6) is 11.5 Å². The van der Waals surface area contributed by atoms with E-state index in [0.29, 0.717) is 22.8 Å². The largest absolute Gasteiger partial charge is 0.456 e. The zero-order valence-electron chi connectivity index (χ0n) is 17.4. The van der Waals surface area contributed by atoms with E-state index in [-0.39, 0.29) is 11.4 Å². The Labute approximate surface area is 187 Å². The number of carbonyl (C=O) groups is 1. The van der Waals surface area contributed by atoms with Crippen LogP contribution in [0.15, 0.2) is 84.6 Å². The van der Waals surface area contributed by atoms with Crippen molar-refractivity contribution in [3.8, 4) is 22.9 Å². The van der Waals surface area contributed by atoms with Gasteiger partial charge in [-0.25, -0.2) is 15.0 Å². The van der Waals surface area contributed by atoms with Crippen molar-refractivity contribution in [1.82, 2.24) is 28.9 Å². The van der Waals surface area contributed by atoms with Crippen LogP contribution < -0.4 is 15.6 Å². The maximum absolute atomic E-state index is 12.6. The van der Waals surface area contributed by atoms with E-state index in [9.17, 15) is 9.59 Å². The fourth-order valence-corrected chi connectivity index (χ4v) is 3.18. The molecular formula is C23H17N7O3. The number of imidazole rings is 1. The van der Waals surface area contributed by atoms with Crippen LogP contribution in [-0.4, -0.2) is 34.8 Å². The molecule has 0 aliphatic heterocycles. The van der Waals surface area contributed by atoms with Gasteiger partial charge in [-0.2, -0.15) is 0 Å². The van der Waals surface area contributed by atoms with Gasteiger partial charge in [0.25, 0.3) is 11.5 Å². The lowest BCUT2D eigenvalue weighted by Gasteiger charge is -2.08. The molecule has 1 amide bonds. The topological polar surface area (TPSA) is 116 Å². The van der Waals surface area contributed by atoms with Gasteiger partial charge in [-0.3, -0.25) is 19.0 Å². The second kappa shape index (κ2) is 8.35. The molecule has 0 unspecified atom stereocenters. The van der Waals surface area contributed by atoms with Gasteiger partial charge in [0.1, 0.15) is 34.2 Å². The van der Waals surface area contributed by atoms with E-state index in [2.05, 4.69) is 25.3 Å². The number of hydrogen-bond acceptors (Lipinski definition) is 7. The minimum atomic E-state index is -0.596. The summed E-state index contributed by atoms with van der Waals surface area (Å²) in [5.74, 6) is 0.716. The molecule has 0 aromatic carbocycles. The molecule has 0 aliphatic rings. The third-order valence-corrected chi connectivity index (χ3v) is 4.77. The normalized spacial score (nSPS) is 10.8. The van der Waals surface area contributed by atoms with Crippen LogP contribution in [0.1, 0.15) is 10.4 Å². The molecule has 5 rings (SSSR count). The highest BCUT2D eigenvalue weighted by Gasteiger charge is 2.14. The third-order valence-electron chi connectivity index (χ3n) is 4.77. The number of rotatable bonds is 5. The summed E-state index contributed by atoms with van der Waals surface area (Å²) in [5.41, 5.74) is 1.33. The molecule has 0 bridgehead atoms. The van der Waals surface area contributed by atoms with E-state index < -0.39 is 11.5 Å². The molecule has 10 nitrogen and oxygen atoms in total. The molecule has 5 aromatic heterocycles. The van der Waals surface area contributed by atoms with E-state index in [0.717, 1.165) is 5.69 Å². The number of fused-ring (bicyclic) bond motifs is 1. The van der Waals surface area contributed by atoms with Crippen molar-refractivity contribution in [2.45, 2.75) is 0 Å². The van der Waals surface area contributed by atoms with Gasteiger partial charge in [-0.15, -0.1) is 0 Å². The van der Waals surface area contributed by atoms with Crippen molar-refractivity contribution in [2.24, 2.45) is 7.05 Å². The SMILES string of the molecule is Cn1cnc(-c2cc(Oc3ccc(NC(=O)c4cnc5ccccn5c4=O)nc3)ccn2)c1. The Kier molecular flexibility index (Phi) is 5.07. The van der Waals surface area contributed by atoms with E-state index >= 15 is 0 Å². The first-order chi connectivity index (χ1) is 16.1. The number of anilines is 1. The zero-order valence-corrected chi connectivity index (χ0v) is 17.4. The van der Waals surface area contributed by atoms with Crippen LogP contribution in [-0.2, 0) is 7.05 Å². The Balaban J connectivity index is 1.30. The second-order valence-corrected chi connectivity index (χ2v) is 7.14.